The number of aliphatic hydroxyl groups is 1. The van der Waals surface area contributed by atoms with E-state index in [0.29, 0.717) is 18.0 Å². The van der Waals surface area contributed by atoms with Gasteiger partial charge in [-0.15, -0.1) is 0 Å². The fourth-order valence-corrected chi connectivity index (χ4v) is 2.61. The Morgan fingerprint density at radius 2 is 1.75 bits per heavy atom. The van der Waals surface area contributed by atoms with Crippen LogP contribution in [0.25, 0.3) is 0 Å². The van der Waals surface area contributed by atoms with Crippen LogP contribution in [0.2, 0.25) is 0 Å². The van der Waals surface area contributed by atoms with Crippen LogP contribution in [0.5, 0.6) is 11.5 Å². The first-order chi connectivity index (χ1) is 11.5. The molecule has 2 aromatic carbocycles. The van der Waals surface area contributed by atoms with E-state index in [0.717, 1.165) is 11.1 Å². The Morgan fingerprint density at radius 3 is 2.38 bits per heavy atom. The molecule has 24 heavy (non-hydrogen) atoms. The van der Waals surface area contributed by atoms with Crippen molar-refractivity contribution in [1.82, 2.24) is 5.32 Å². The third-order valence-corrected chi connectivity index (χ3v) is 4.03. The molecule has 0 aromatic heterocycles. The molecule has 0 spiro atoms. The zero-order valence-electron chi connectivity index (χ0n) is 13.7. The van der Waals surface area contributed by atoms with Crippen molar-refractivity contribution < 1.29 is 19.4 Å². The summed E-state index contributed by atoms with van der Waals surface area (Å²) in [6, 6.07) is 14.8. The summed E-state index contributed by atoms with van der Waals surface area (Å²) < 4.78 is 11.5. The van der Waals surface area contributed by atoms with E-state index in [1.54, 1.807) is 13.0 Å². The second-order valence-corrected chi connectivity index (χ2v) is 5.94. The molecule has 126 valence electrons. The summed E-state index contributed by atoms with van der Waals surface area (Å²) in [6.45, 7) is 3.93. The van der Waals surface area contributed by atoms with E-state index in [-0.39, 0.29) is 12.0 Å². The van der Waals surface area contributed by atoms with E-state index in [2.05, 4.69) is 5.32 Å². The summed E-state index contributed by atoms with van der Waals surface area (Å²) in [5.74, 6) is 1.02. The van der Waals surface area contributed by atoms with E-state index in [4.69, 9.17) is 9.47 Å². The number of carbonyl (C=O) groups is 1. The van der Waals surface area contributed by atoms with Crippen molar-refractivity contribution in [2.45, 2.75) is 38.7 Å². The van der Waals surface area contributed by atoms with Crippen LogP contribution >= 0.6 is 0 Å². The van der Waals surface area contributed by atoms with Gasteiger partial charge in [-0.1, -0.05) is 36.4 Å². The molecule has 0 fully saturated rings. The lowest BCUT2D eigenvalue weighted by Gasteiger charge is -2.31. The van der Waals surface area contributed by atoms with E-state index in [1.165, 1.54) is 0 Å². The van der Waals surface area contributed by atoms with Gasteiger partial charge in [-0.2, -0.15) is 0 Å². The minimum absolute atomic E-state index is 0.211. The van der Waals surface area contributed by atoms with Gasteiger partial charge < -0.3 is 19.9 Å². The number of aliphatic hydroxyl groups excluding tert-OH is 1. The van der Waals surface area contributed by atoms with Crippen molar-refractivity contribution >= 4 is 5.91 Å². The van der Waals surface area contributed by atoms with Gasteiger partial charge in [0.25, 0.3) is 5.91 Å². The molecule has 0 saturated carbocycles. The topological polar surface area (TPSA) is 67.8 Å². The average molecular weight is 327 g/mol. The standard InChI is InChI=1S/C19H21NO4/c1-12(21)15-9-7-14(8-10-15)11-20-19(22)18-13(2)23-16-5-3-4-6-17(16)24-18/h3-10,12-13,18,21H,11H2,1-2H3,(H,20,22)/t12-,13-,18+/m0/s1. The van der Waals surface area contributed by atoms with Crippen molar-refractivity contribution in [3.63, 3.8) is 0 Å². The van der Waals surface area contributed by atoms with Gasteiger partial charge in [0.1, 0.15) is 6.10 Å². The van der Waals surface area contributed by atoms with Gasteiger partial charge in [0, 0.05) is 6.54 Å². The number of amides is 1. The maximum Gasteiger partial charge on any atom is 0.265 e. The first-order valence-corrected chi connectivity index (χ1v) is 8.01. The number of hydrogen-bond acceptors (Lipinski definition) is 4. The smallest absolute Gasteiger partial charge is 0.265 e. The highest BCUT2D eigenvalue weighted by Gasteiger charge is 2.33. The number of ether oxygens (including phenoxy) is 2. The number of benzene rings is 2. The second-order valence-electron chi connectivity index (χ2n) is 5.94. The minimum atomic E-state index is -0.684. The summed E-state index contributed by atoms with van der Waals surface area (Å²) in [5, 5.41) is 12.4. The van der Waals surface area contributed by atoms with Crippen molar-refractivity contribution in [3.05, 3.63) is 59.7 Å². The van der Waals surface area contributed by atoms with E-state index >= 15 is 0 Å². The molecule has 0 unspecified atom stereocenters. The van der Waals surface area contributed by atoms with Crippen molar-refractivity contribution in [3.8, 4) is 11.5 Å². The SMILES string of the molecule is C[C@H](O)c1ccc(CNC(=O)[C@@H]2Oc3ccccc3O[C@H]2C)cc1. The third kappa shape index (κ3) is 3.51. The molecule has 0 bridgehead atoms. The highest BCUT2D eigenvalue weighted by molar-refractivity contribution is 5.82. The van der Waals surface area contributed by atoms with Gasteiger partial charge >= 0.3 is 0 Å². The van der Waals surface area contributed by atoms with Crippen LogP contribution in [0.15, 0.2) is 48.5 Å². The highest BCUT2D eigenvalue weighted by atomic mass is 16.6. The Labute approximate surface area is 141 Å². The van der Waals surface area contributed by atoms with Crippen LogP contribution in [-0.4, -0.2) is 23.2 Å². The third-order valence-electron chi connectivity index (χ3n) is 4.03. The molecule has 1 aliphatic heterocycles. The molecule has 0 aliphatic carbocycles. The zero-order chi connectivity index (χ0) is 17.1. The van der Waals surface area contributed by atoms with E-state index < -0.39 is 12.2 Å². The number of fused-ring (bicyclic) bond motifs is 1. The zero-order valence-corrected chi connectivity index (χ0v) is 13.7. The fourth-order valence-electron chi connectivity index (χ4n) is 2.61. The van der Waals surface area contributed by atoms with Gasteiger partial charge in [0.05, 0.1) is 6.10 Å². The molecule has 2 aromatic rings. The van der Waals surface area contributed by atoms with Gasteiger partial charge in [-0.3, -0.25) is 4.79 Å². The number of rotatable bonds is 4. The van der Waals surface area contributed by atoms with E-state index in [9.17, 15) is 9.90 Å². The largest absolute Gasteiger partial charge is 0.482 e. The van der Waals surface area contributed by atoms with Gasteiger partial charge in [-0.25, -0.2) is 0 Å². The molecule has 5 nitrogen and oxygen atoms in total. The minimum Gasteiger partial charge on any atom is -0.482 e. The predicted molar refractivity (Wildman–Crippen MR) is 89.9 cm³/mol. The molecular formula is C19H21NO4. The Kier molecular flexibility index (Phi) is 4.71. The summed E-state index contributed by atoms with van der Waals surface area (Å²) in [5.41, 5.74) is 1.80. The highest BCUT2D eigenvalue weighted by Crippen LogP contribution is 2.33. The van der Waals surface area contributed by atoms with Gasteiger partial charge in [0.15, 0.2) is 11.5 Å². The van der Waals surface area contributed by atoms with Gasteiger partial charge in [0.2, 0.25) is 6.10 Å². The van der Waals surface area contributed by atoms with Crippen molar-refractivity contribution in [1.29, 1.82) is 0 Å². The molecule has 3 atom stereocenters. The Balaban J connectivity index is 1.61. The van der Waals surface area contributed by atoms with Crippen molar-refractivity contribution in [2.24, 2.45) is 0 Å². The first kappa shape index (κ1) is 16.3. The van der Waals surface area contributed by atoms with Crippen LogP contribution < -0.4 is 14.8 Å². The molecule has 2 N–H and O–H groups in total. The Bertz CT molecular complexity index is 712. The Hall–Kier alpha value is -2.53. The van der Waals surface area contributed by atoms with Gasteiger partial charge in [-0.05, 0) is 37.1 Å². The Morgan fingerprint density at radius 1 is 1.12 bits per heavy atom. The molecule has 1 aliphatic rings. The average Bonchev–Trinajstić information content (AvgIpc) is 2.59. The summed E-state index contributed by atoms with van der Waals surface area (Å²) in [4.78, 5) is 12.4. The monoisotopic (exact) mass is 327 g/mol. The predicted octanol–water partition coefficient (Wildman–Crippen LogP) is 2.58. The lowest BCUT2D eigenvalue weighted by atomic mass is 10.1. The molecular weight excluding hydrogens is 306 g/mol. The lowest BCUT2D eigenvalue weighted by Crippen LogP contribution is -2.48. The molecule has 1 amide bonds. The molecule has 1 heterocycles. The molecule has 5 heteroatoms. The molecule has 3 rings (SSSR count). The van der Waals surface area contributed by atoms with E-state index in [1.807, 2.05) is 49.4 Å². The summed E-state index contributed by atoms with van der Waals surface area (Å²) in [6.07, 6.45) is -1.54. The van der Waals surface area contributed by atoms with Crippen LogP contribution in [0.1, 0.15) is 31.1 Å². The summed E-state index contributed by atoms with van der Waals surface area (Å²) >= 11 is 0. The maximum atomic E-state index is 12.4. The van der Waals surface area contributed by atoms with Crippen LogP contribution in [0.4, 0.5) is 0 Å². The molecule has 0 saturated heterocycles. The quantitative estimate of drug-likeness (QED) is 0.906. The molecule has 0 radical (unpaired) electrons. The van der Waals surface area contributed by atoms with Crippen LogP contribution in [-0.2, 0) is 11.3 Å². The number of carbonyl (C=O) groups excluding carboxylic acids is 1. The fraction of sp³-hybridized carbons (Fsp3) is 0.316. The second kappa shape index (κ2) is 6.93. The number of hydrogen-bond donors (Lipinski definition) is 2. The van der Waals surface area contributed by atoms with Crippen molar-refractivity contribution in [2.75, 3.05) is 0 Å². The lowest BCUT2D eigenvalue weighted by molar-refractivity contribution is -0.133. The normalized spacial score (nSPS) is 20.3. The number of nitrogens with one attached hydrogen (secondary N) is 1. The van der Waals surface area contributed by atoms with Crippen LogP contribution in [0.3, 0.4) is 0 Å². The maximum absolute atomic E-state index is 12.4. The number of para-hydroxylation sites is 2. The summed E-state index contributed by atoms with van der Waals surface area (Å²) in [7, 11) is 0. The van der Waals surface area contributed by atoms with Crippen LogP contribution in [0, 0.1) is 0 Å². The first-order valence-electron chi connectivity index (χ1n) is 8.01.